The van der Waals surface area contributed by atoms with Crippen LogP contribution in [0.25, 0.3) is 0 Å². The Labute approximate surface area is 173 Å². The zero-order chi connectivity index (χ0) is 21.2. The zero-order valence-corrected chi connectivity index (χ0v) is 17.3. The van der Waals surface area contributed by atoms with E-state index in [0.717, 1.165) is 0 Å². The molecule has 2 aromatic carbocycles. The van der Waals surface area contributed by atoms with Gasteiger partial charge in [-0.25, -0.2) is 13.2 Å². The van der Waals surface area contributed by atoms with Gasteiger partial charge in [0, 0.05) is 18.7 Å². The Balaban J connectivity index is 1.94. The van der Waals surface area contributed by atoms with Crippen molar-refractivity contribution in [1.82, 2.24) is 0 Å². The number of esters is 1. The van der Waals surface area contributed by atoms with E-state index in [2.05, 4.69) is 4.72 Å². The lowest BCUT2D eigenvalue weighted by atomic mass is 10.2. The van der Waals surface area contributed by atoms with Crippen LogP contribution in [0.4, 0.5) is 11.4 Å². The van der Waals surface area contributed by atoms with Crippen molar-refractivity contribution in [3.05, 3.63) is 47.0 Å². The van der Waals surface area contributed by atoms with Crippen molar-refractivity contribution in [2.75, 3.05) is 29.4 Å². The van der Waals surface area contributed by atoms with Gasteiger partial charge in [-0.2, -0.15) is 0 Å². The molecule has 0 radical (unpaired) electrons. The molecule has 1 heterocycles. The molecule has 0 unspecified atom stereocenters. The van der Waals surface area contributed by atoms with Crippen molar-refractivity contribution in [3.63, 3.8) is 0 Å². The van der Waals surface area contributed by atoms with Crippen LogP contribution in [0.5, 0.6) is 5.75 Å². The Bertz CT molecular complexity index is 1070. The predicted molar refractivity (Wildman–Crippen MR) is 108 cm³/mol. The summed E-state index contributed by atoms with van der Waals surface area (Å²) in [6, 6.07) is 8.60. The predicted octanol–water partition coefficient (Wildman–Crippen LogP) is 3.06. The van der Waals surface area contributed by atoms with Gasteiger partial charge in [0.15, 0.2) is 0 Å². The van der Waals surface area contributed by atoms with Crippen LogP contribution in [-0.4, -0.2) is 40.1 Å². The van der Waals surface area contributed by atoms with Crippen LogP contribution in [0.1, 0.15) is 24.2 Å². The maximum absolute atomic E-state index is 12.9. The van der Waals surface area contributed by atoms with Gasteiger partial charge >= 0.3 is 5.97 Å². The van der Waals surface area contributed by atoms with Crippen molar-refractivity contribution in [3.8, 4) is 5.75 Å². The molecule has 0 atom stereocenters. The number of amides is 1. The maximum Gasteiger partial charge on any atom is 0.338 e. The van der Waals surface area contributed by atoms with E-state index in [1.54, 1.807) is 6.92 Å². The molecular formula is C19H19ClN2O6S. The molecule has 0 bridgehead atoms. The topological polar surface area (TPSA) is 102 Å². The highest BCUT2D eigenvalue weighted by Crippen LogP contribution is 2.38. The largest absolute Gasteiger partial charge is 0.489 e. The number of hydrogen-bond donors (Lipinski definition) is 1. The quantitative estimate of drug-likeness (QED) is 0.720. The van der Waals surface area contributed by atoms with Crippen LogP contribution in [0.2, 0.25) is 5.02 Å². The average Bonchev–Trinajstić information content (AvgIpc) is 2.66. The molecular weight excluding hydrogens is 420 g/mol. The van der Waals surface area contributed by atoms with E-state index in [9.17, 15) is 18.0 Å². The van der Waals surface area contributed by atoms with Crippen LogP contribution in [0, 0.1) is 0 Å². The summed E-state index contributed by atoms with van der Waals surface area (Å²) in [5.41, 5.74) is 0.802. The van der Waals surface area contributed by atoms with E-state index in [-0.39, 0.29) is 46.0 Å². The highest BCUT2D eigenvalue weighted by molar-refractivity contribution is 7.92. The molecule has 154 valence electrons. The number of halogens is 1. The van der Waals surface area contributed by atoms with Gasteiger partial charge in [0.2, 0.25) is 5.91 Å². The van der Waals surface area contributed by atoms with Gasteiger partial charge in [-0.15, -0.1) is 0 Å². The second kappa shape index (κ2) is 8.30. The van der Waals surface area contributed by atoms with E-state index in [0.29, 0.717) is 12.2 Å². The molecule has 8 nitrogen and oxygen atoms in total. The third kappa shape index (κ3) is 4.46. The molecule has 2 aromatic rings. The Kier molecular flexibility index (Phi) is 5.99. The molecule has 3 rings (SSSR count). The Morgan fingerprint density at radius 2 is 2.03 bits per heavy atom. The fourth-order valence-electron chi connectivity index (χ4n) is 2.89. The summed E-state index contributed by atoms with van der Waals surface area (Å²) >= 11 is 6.22. The molecule has 29 heavy (non-hydrogen) atoms. The van der Waals surface area contributed by atoms with Crippen LogP contribution < -0.4 is 14.4 Å². The van der Waals surface area contributed by atoms with Crippen molar-refractivity contribution in [1.29, 1.82) is 0 Å². The summed E-state index contributed by atoms with van der Waals surface area (Å²) < 4.78 is 38.6. The minimum atomic E-state index is -4.09. The average molecular weight is 439 g/mol. The molecule has 1 N–H and O–H groups in total. The summed E-state index contributed by atoms with van der Waals surface area (Å²) in [6.45, 7) is 3.88. The molecule has 1 aliphatic heterocycles. The minimum absolute atomic E-state index is 0.0606. The van der Waals surface area contributed by atoms with Crippen molar-refractivity contribution in [2.24, 2.45) is 0 Å². The van der Waals surface area contributed by atoms with Gasteiger partial charge in [0.05, 0.1) is 29.4 Å². The van der Waals surface area contributed by atoms with Crippen molar-refractivity contribution in [2.45, 2.75) is 18.7 Å². The molecule has 10 heteroatoms. The number of benzene rings is 2. The highest BCUT2D eigenvalue weighted by Gasteiger charge is 2.27. The van der Waals surface area contributed by atoms with Gasteiger partial charge in [0.1, 0.15) is 17.3 Å². The number of nitrogens with one attached hydrogen (secondary N) is 1. The van der Waals surface area contributed by atoms with Gasteiger partial charge in [-0.05, 0) is 31.2 Å². The van der Waals surface area contributed by atoms with E-state index in [1.807, 2.05) is 0 Å². The Morgan fingerprint density at radius 3 is 2.72 bits per heavy atom. The number of nitrogens with zero attached hydrogens (tertiary/aromatic N) is 1. The van der Waals surface area contributed by atoms with E-state index >= 15 is 0 Å². The molecule has 1 aliphatic rings. The molecule has 0 fully saturated rings. The van der Waals surface area contributed by atoms with Crippen LogP contribution in [-0.2, 0) is 19.6 Å². The lowest BCUT2D eigenvalue weighted by Gasteiger charge is -2.29. The minimum Gasteiger partial charge on any atom is -0.489 e. The number of carbonyl (C=O) groups excluding carboxylic acids is 2. The number of carbonyl (C=O) groups is 2. The van der Waals surface area contributed by atoms with Crippen molar-refractivity contribution < 1.29 is 27.5 Å². The Hall–Kier alpha value is -2.78. The third-order valence-corrected chi connectivity index (χ3v) is 6.02. The van der Waals surface area contributed by atoms with Gasteiger partial charge in [-0.1, -0.05) is 17.7 Å². The fourth-order valence-corrected chi connectivity index (χ4v) is 4.47. The monoisotopic (exact) mass is 438 g/mol. The first kappa shape index (κ1) is 20.9. The van der Waals surface area contributed by atoms with E-state index in [1.165, 1.54) is 48.2 Å². The third-order valence-electron chi connectivity index (χ3n) is 4.17. The highest BCUT2D eigenvalue weighted by atomic mass is 35.5. The molecule has 1 amide bonds. The summed E-state index contributed by atoms with van der Waals surface area (Å²) in [4.78, 5) is 24.9. The zero-order valence-electron chi connectivity index (χ0n) is 15.8. The van der Waals surface area contributed by atoms with Gasteiger partial charge in [-0.3, -0.25) is 9.52 Å². The SMILES string of the molecule is CCOC(=O)c1cccc(NS(=O)(=O)c2cc3c(cc2Cl)N(C(C)=O)CCO3)c1. The standard InChI is InChI=1S/C19H19ClN2O6S/c1-3-27-19(24)13-5-4-6-14(9-13)21-29(25,26)18-11-17-16(10-15(18)20)22(12(2)23)7-8-28-17/h4-6,9-11,21H,3,7-8H2,1-2H3. The molecule has 0 saturated carbocycles. The van der Waals surface area contributed by atoms with Crippen molar-refractivity contribution >= 4 is 44.9 Å². The number of ether oxygens (including phenoxy) is 2. The smallest absolute Gasteiger partial charge is 0.338 e. The van der Waals surface area contributed by atoms with Crippen LogP contribution in [0.15, 0.2) is 41.3 Å². The Morgan fingerprint density at radius 1 is 1.28 bits per heavy atom. The number of sulfonamides is 1. The number of anilines is 2. The molecule has 0 saturated heterocycles. The van der Waals surface area contributed by atoms with Gasteiger partial charge in [0.25, 0.3) is 10.0 Å². The van der Waals surface area contributed by atoms with E-state index in [4.69, 9.17) is 21.1 Å². The number of fused-ring (bicyclic) bond motifs is 1. The first-order valence-electron chi connectivity index (χ1n) is 8.77. The number of hydrogen-bond acceptors (Lipinski definition) is 6. The normalized spacial score (nSPS) is 13.3. The summed E-state index contributed by atoms with van der Waals surface area (Å²) in [6.07, 6.45) is 0. The second-order valence-electron chi connectivity index (χ2n) is 6.18. The van der Waals surface area contributed by atoms with E-state index < -0.39 is 16.0 Å². The van der Waals surface area contributed by atoms with Crippen LogP contribution >= 0.6 is 11.6 Å². The maximum atomic E-state index is 12.9. The summed E-state index contributed by atoms with van der Waals surface area (Å²) in [5, 5.41) is -0.0606. The second-order valence-corrected chi connectivity index (χ2v) is 8.23. The first-order valence-corrected chi connectivity index (χ1v) is 10.6. The number of rotatable bonds is 5. The molecule has 0 aliphatic carbocycles. The molecule has 0 spiro atoms. The van der Waals surface area contributed by atoms with Crippen LogP contribution in [0.3, 0.4) is 0 Å². The lowest BCUT2D eigenvalue weighted by Crippen LogP contribution is -2.36. The first-order chi connectivity index (χ1) is 13.7. The molecule has 0 aromatic heterocycles. The summed E-state index contributed by atoms with van der Waals surface area (Å²) in [7, 11) is -4.09. The van der Waals surface area contributed by atoms with Gasteiger partial charge < -0.3 is 14.4 Å². The fraction of sp³-hybridized carbons (Fsp3) is 0.263. The summed E-state index contributed by atoms with van der Waals surface area (Å²) in [5.74, 6) is -0.510. The lowest BCUT2D eigenvalue weighted by molar-refractivity contribution is -0.116.